The van der Waals surface area contributed by atoms with Crippen LogP contribution in [0, 0.1) is 0 Å². The highest BCUT2D eigenvalue weighted by Crippen LogP contribution is 2.17. The highest BCUT2D eigenvalue weighted by Gasteiger charge is 2.16. The first-order chi connectivity index (χ1) is 9.50. The van der Waals surface area contributed by atoms with Crippen molar-refractivity contribution in [2.75, 3.05) is 0 Å². The first-order valence-electron chi connectivity index (χ1n) is 5.81. The lowest BCUT2D eigenvalue weighted by Crippen LogP contribution is -2.32. The standard InChI is InChI=1S/C14H12N2O4/c15-12(17)8-16-11(9-4-2-1-3-5-9)7-6-10(13(16)18)14(19)20/h1-7H,8H2,(H2,15,17)(H,19,20). The van der Waals surface area contributed by atoms with Gasteiger partial charge in [-0.3, -0.25) is 14.2 Å². The summed E-state index contributed by atoms with van der Waals surface area (Å²) in [7, 11) is 0. The van der Waals surface area contributed by atoms with Crippen LogP contribution in [0.5, 0.6) is 0 Å². The van der Waals surface area contributed by atoms with Crippen LogP contribution in [-0.4, -0.2) is 21.6 Å². The fourth-order valence-electron chi connectivity index (χ4n) is 1.91. The molecule has 0 saturated carbocycles. The van der Waals surface area contributed by atoms with Gasteiger partial charge in [0.1, 0.15) is 12.1 Å². The van der Waals surface area contributed by atoms with Gasteiger partial charge in [-0.05, 0) is 17.7 Å². The molecule has 0 aliphatic heterocycles. The second-order valence-electron chi connectivity index (χ2n) is 4.16. The number of rotatable bonds is 4. The van der Waals surface area contributed by atoms with Crippen molar-refractivity contribution >= 4 is 11.9 Å². The van der Waals surface area contributed by atoms with Crippen LogP contribution in [-0.2, 0) is 11.3 Å². The van der Waals surface area contributed by atoms with E-state index in [0.717, 1.165) is 4.57 Å². The van der Waals surface area contributed by atoms with E-state index in [-0.39, 0.29) is 6.54 Å². The van der Waals surface area contributed by atoms with Gasteiger partial charge in [-0.2, -0.15) is 0 Å². The Balaban J connectivity index is 2.69. The van der Waals surface area contributed by atoms with Crippen LogP contribution in [0.15, 0.2) is 47.3 Å². The third-order valence-corrected chi connectivity index (χ3v) is 2.79. The van der Waals surface area contributed by atoms with Gasteiger partial charge in [-0.1, -0.05) is 30.3 Å². The van der Waals surface area contributed by atoms with E-state index < -0.39 is 23.0 Å². The van der Waals surface area contributed by atoms with Crippen LogP contribution in [0.3, 0.4) is 0 Å². The fourth-order valence-corrected chi connectivity index (χ4v) is 1.91. The maximum absolute atomic E-state index is 12.1. The van der Waals surface area contributed by atoms with Gasteiger partial charge in [-0.25, -0.2) is 4.79 Å². The molecule has 20 heavy (non-hydrogen) atoms. The molecular weight excluding hydrogens is 260 g/mol. The van der Waals surface area contributed by atoms with Crippen LogP contribution in [0.1, 0.15) is 10.4 Å². The fraction of sp³-hybridized carbons (Fsp3) is 0.0714. The lowest BCUT2D eigenvalue weighted by Gasteiger charge is -2.12. The number of primary amides is 1. The normalized spacial score (nSPS) is 10.2. The monoisotopic (exact) mass is 272 g/mol. The smallest absolute Gasteiger partial charge is 0.341 e. The number of hydrogen-bond acceptors (Lipinski definition) is 3. The summed E-state index contributed by atoms with van der Waals surface area (Å²) in [5.74, 6) is -2.06. The van der Waals surface area contributed by atoms with Crippen LogP contribution < -0.4 is 11.3 Å². The number of hydrogen-bond donors (Lipinski definition) is 2. The Kier molecular flexibility index (Phi) is 3.65. The number of aromatic carboxylic acids is 1. The summed E-state index contributed by atoms with van der Waals surface area (Å²) in [5.41, 5.74) is 5.11. The molecule has 0 bridgehead atoms. The summed E-state index contributed by atoms with van der Waals surface area (Å²) in [6, 6.07) is 11.6. The SMILES string of the molecule is NC(=O)Cn1c(-c2ccccc2)ccc(C(=O)O)c1=O. The Bertz CT molecular complexity index is 720. The zero-order valence-electron chi connectivity index (χ0n) is 10.4. The quantitative estimate of drug-likeness (QED) is 0.855. The van der Waals surface area contributed by atoms with E-state index in [4.69, 9.17) is 10.8 Å². The Morgan fingerprint density at radius 2 is 1.75 bits per heavy atom. The number of amides is 1. The average Bonchev–Trinajstić information content (AvgIpc) is 2.41. The van der Waals surface area contributed by atoms with Crippen molar-refractivity contribution in [3.63, 3.8) is 0 Å². The number of carbonyl (C=O) groups excluding carboxylic acids is 1. The van der Waals surface area contributed by atoms with Crippen molar-refractivity contribution in [1.82, 2.24) is 4.57 Å². The third-order valence-electron chi connectivity index (χ3n) is 2.79. The Hall–Kier alpha value is -2.89. The second kappa shape index (κ2) is 5.40. The second-order valence-corrected chi connectivity index (χ2v) is 4.16. The molecule has 6 nitrogen and oxygen atoms in total. The molecule has 6 heteroatoms. The van der Waals surface area contributed by atoms with Gasteiger partial charge in [0.15, 0.2) is 0 Å². The lowest BCUT2D eigenvalue weighted by molar-refractivity contribution is -0.118. The molecule has 3 N–H and O–H groups in total. The molecule has 1 amide bonds. The van der Waals surface area contributed by atoms with Crippen LogP contribution in [0.2, 0.25) is 0 Å². The van der Waals surface area contributed by atoms with E-state index in [2.05, 4.69) is 0 Å². The summed E-state index contributed by atoms with van der Waals surface area (Å²) < 4.78 is 1.07. The topological polar surface area (TPSA) is 102 Å². The zero-order chi connectivity index (χ0) is 14.7. The number of carboxylic acids is 1. The van der Waals surface area contributed by atoms with Gasteiger partial charge in [0.05, 0.1) is 5.69 Å². The molecular formula is C14H12N2O4. The molecule has 1 aromatic carbocycles. The van der Waals surface area contributed by atoms with Crippen molar-refractivity contribution in [3.8, 4) is 11.3 Å². The highest BCUT2D eigenvalue weighted by molar-refractivity contribution is 5.87. The molecule has 0 fully saturated rings. The van der Waals surface area contributed by atoms with E-state index in [1.807, 2.05) is 6.07 Å². The maximum atomic E-state index is 12.1. The molecule has 102 valence electrons. The predicted octanol–water partition coefficient (Wildman–Crippen LogP) is 0.699. The third kappa shape index (κ3) is 2.59. The molecule has 0 aliphatic carbocycles. The minimum absolute atomic E-state index is 0.371. The Morgan fingerprint density at radius 3 is 2.30 bits per heavy atom. The van der Waals surface area contributed by atoms with E-state index in [1.54, 1.807) is 24.3 Å². The number of pyridine rings is 1. The lowest BCUT2D eigenvalue weighted by atomic mass is 10.1. The number of benzene rings is 1. The number of nitrogens with zero attached hydrogens (tertiary/aromatic N) is 1. The maximum Gasteiger partial charge on any atom is 0.341 e. The zero-order valence-corrected chi connectivity index (χ0v) is 10.4. The van der Waals surface area contributed by atoms with Crippen molar-refractivity contribution in [2.24, 2.45) is 5.73 Å². The van der Waals surface area contributed by atoms with E-state index in [0.29, 0.717) is 11.3 Å². The number of aromatic nitrogens is 1. The summed E-state index contributed by atoms with van der Waals surface area (Å²) in [6.07, 6.45) is 0. The molecule has 0 unspecified atom stereocenters. The number of carboxylic acid groups (broad SMARTS) is 1. The van der Waals surface area contributed by atoms with Gasteiger partial charge in [0, 0.05) is 0 Å². The van der Waals surface area contributed by atoms with Gasteiger partial charge in [-0.15, -0.1) is 0 Å². The molecule has 0 atom stereocenters. The molecule has 0 radical (unpaired) electrons. The van der Waals surface area contributed by atoms with Crippen LogP contribution in [0.4, 0.5) is 0 Å². The highest BCUT2D eigenvalue weighted by atomic mass is 16.4. The Labute approximate surface area is 114 Å². The first-order valence-corrected chi connectivity index (χ1v) is 5.81. The van der Waals surface area contributed by atoms with Crippen molar-refractivity contribution in [2.45, 2.75) is 6.54 Å². The van der Waals surface area contributed by atoms with Crippen molar-refractivity contribution < 1.29 is 14.7 Å². The number of nitrogens with two attached hydrogens (primary N) is 1. The van der Waals surface area contributed by atoms with E-state index >= 15 is 0 Å². The van der Waals surface area contributed by atoms with Gasteiger partial charge in [0.2, 0.25) is 5.91 Å². The minimum Gasteiger partial charge on any atom is -0.477 e. The molecule has 0 spiro atoms. The molecule has 0 aliphatic rings. The van der Waals surface area contributed by atoms with Crippen LogP contribution in [0.25, 0.3) is 11.3 Å². The van der Waals surface area contributed by atoms with Gasteiger partial charge < -0.3 is 10.8 Å². The summed E-state index contributed by atoms with van der Waals surface area (Å²) in [6.45, 7) is -0.371. The van der Waals surface area contributed by atoms with Crippen molar-refractivity contribution in [1.29, 1.82) is 0 Å². The summed E-state index contributed by atoms with van der Waals surface area (Å²) in [4.78, 5) is 34.2. The average molecular weight is 272 g/mol. The van der Waals surface area contributed by atoms with Gasteiger partial charge >= 0.3 is 5.97 Å². The van der Waals surface area contributed by atoms with E-state index in [1.165, 1.54) is 12.1 Å². The minimum atomic E-state index is -1.34. The number of carbonyl (C=O) groups is 2. The summed E-state index contributed by atoms with van der Waals surface area (Å²) in [5, 5.41) is 8.96. The largest absolute Gasteiger partial charge is 0.477 e. The van der Waals surface area contributed by atoms with Crippen molar-refractivity contribution in [3.05, 3.63) is 58.4 Å². The molecule has 2 rings (SSSR count). The van der Waals surface area contributed by atoms with Crippen LogP contribution >= 0.6 is 0 Å². The predicted molar refractivity (Wildman–Crippen MR) is 72.3 cm³/mol. The van der Waals surface area contributed by atoms with Gasteiger partial charge in [0.25, 0.3) is 5.56 Å². The molecule has 1 aromatic heterocycles. The molecule has 0 saturated heterocycles. The first kappa shape index (κ1) is 13.5. The Morgan fingerprint density at radius 1 is 1.10 bits per heavy atom. The van der Waals surface area contributed by atoms with E-state index in [9.17, 15) is 14.4 Å². The molecule has 2 aromatic rings. The summed E-state index contributed by atoms with van der Waals surface area (Å²) >= 11 is 0. The molecule has 1 heterocycles.